The first-order chi connectivity index (χ1) is 8.70. The quantitative estimate of drug-likeness (QED) is 0.766. The largest absolute Gasteiger partial charge is 0.481 e. The van der Waals surface area contributed by atoms with Crippen molar-refractivity contribution < 1.29 is 32.7 Å². The summed E-state index contributed by atoms with van der Waals surface area (Å²) < 4.78 is 37.0. The molecule has 0 aromatic heterocycles. The second kappa shape index (κ2) is 4.50. The van der Waals surface area contributed by atoms with Crippen molar-refractivity contribution in [2.45, 2.75) is 19.0 Å². The highest BCUT2D eigenvalue weighted by molar-refractivity contribution is 5.90. The molecule has 2 atom stereocenters. The minimum absolute atomic E-state index is 0.00625. The van der Waals surface area contributed by atoms with E-state index in [0.717, 1.165) is 0 Å². The van der Waals surface area contributed by atoms with Gasteiger partial charge in [0.1, 0.15) is 5.78 Å². The van der Waals surface area contributed by atoms with Gasteiger partial charge in [-0.1, -0.05) is 0 Å². The number of fused-ring (bicyclic) bond motifs is 2. The summed E-state index contributed by atoms with van der Waals surface area (Å²) in [6.45, 7) is -0.672. The van der Waals surface area contributed by atoms with Crippen LogP contribution in [0.1, 0.15) is 12.8 Å². The van der Waals surface area contributed by atoms with Gasteiger partial charge >= 0.3 is 18.1 Å². The number of ketones is 1. The second-order valence-electron chi connectivity index (χ2n) is 5.01. The summed E-state index contributed by atoms with van der Waals surface area (Å²) in [4.78, 5) is 34.4. The lowest BCUT2D eigenvalue weighted by Crippen LogP contribution is -2.56. The predicted molar refractivity (Wildman–Crippen MR) is 55.0 cm³/mol. The molecule has 1 aliphatic carbocycles. The Bertz CT molecular complexity index is 416. The molecular formula is C11H12F3NO4. The average molecular weight is 279 g/mol. The fourth-order valence-corrected chi connectivity index (χ4v) is 2.83. The molecule has 2 bridgehead atoms. The Morgan fingerprint density at radius 1 is 1.16 bits per heavy atom. The zero-order chi connectivity index (χ0) is 14.4. The van der Waals surface area contributed by atoms with E-state index in [2.05, 4.69) is 0 Å². The van der Waals surface area contributed by atoms with E-state index in [1.165, 1.54) is 0 Å². The number of likely N-dealkylation sites (tertiary alicyclic amines) is 1. The molecule has 1 amide bonds. The molecule has 1 saturated heterocycles. The van der Waals surface area contributed by atoms with Gasteiger partial charge in [0, 0.05) is 24.9 Å². The van der Waals surface area contributed by atoms with E-state index in [0.29, 0.717) is 4.90 Å². The van der Waals surface area contributed by atoms with Crippen molar-refractivity contribution in [3.8, 4) is 0 Å². The summed E-state index contributed by atoms with van der Waals surface area (Å²) in [5.41, 5.74) is 0. The molecule has 0 radical (unpaired) electrons. The standard InChI is InChI=1S/C11H12F3NO4/c12-11(13,14)10(19)15-3-6-1-5(9(17)18)2-7(4-15)8(6)16/h5-7H,1-4H2,(H,17,18). The molecule has 1 heterocycles. The van der Waals surface area contributed by atoms with Crippen LogP contribution in [0.4, 0.5) is 13.2 Å². The summed E-state index contributed by atoms with van der Waals surface area (Å²) >= 11 is 0. The molecule has 2 aliphatic rings. The van der Waals surface area contributed by atoms with Crippen LogP contribution >= 0.6 is 0 Å². The molecule has 1 aliphatic heterocycles. The number of Topliss-reactive ketones (excluding diaryl/α,β-unsaturated/α-hetero) is 1. The fraction of sp³-hybridized carbons (Fsp3) is 0.727. The van der Waals surface area contributed by atoms with Crippen LogP contribution in [-0.4, -0.2) is 46.9 Å². The zero-order valence-corrected chi connectivity index (χ0v) is 9.81. The number of carbonyl (C=O) groups is 3. The number of rotatable bonds is 1. The number of hydrogen-bond acceptors (Lipinski definition) is 3. The monoisotopic (exact) mass is 279 g/mol. The van der Waals surface area contributed by atoms with Gasteiger partial charge < -0.3 is 10.0 Å². The van der Waals surface area contributed by atoms with E-state index in [1.807, 2.05) is 0 Å². The van der Waals surface area contributed by atoms with Crippen LogP contribution in [0, 0.1) is 17.8 Å². The van der Waals surface area contributed by atoms with Gasteiger partial charge in [-0.25, -0.2) is 0 Å². The number of carboxylic acid groups (broad SMARTS) is 1. The minimum Gasteiger partial charge on any atom is -0.481 e. The molecule has 0 spiro atoms. The van der Waals surface area contributed by atoms with E-state index in [1.54, 1.807) is 0 Å². The first-order valence-electron chi connectivity index (χ1n) is 5.82. The lowest BCUT2D eigenvalue weighted by Gasteiger charge is -2.42. The molecular weight excluding hydrogens is 267 g/mol. The maximum Gasteiger partial charge on any atom is 0.471 e. The highest BCUT2D eigenvalue weighted by Gasteiger charge is 2.50. The molecule has 2 rings (SSSR count). The maximum atomic E-state index is 12.3. The van der Waals surface area contributed by atoms with Crippen molar-refractivity contribution >= 4 is 17.7 Å². The number of hydrogen-bond donors (Lipinski definition) is 1. The van der Waals surface area contributed by atoms with Crippen molar-refractivity contribution in [3.05, 3.63) is 0 Å². The molecule has 0 aromatic rings. The van der Waals surface area contributed by atoms with Crippen LogP contribution < -0.4 is 0 Å². The Kier molecular flexibility index (Phi) is 3.27. The highest BCUT2D eigenvalue weighted by atomic mass is 19.4. The van der Waals surface area contributed by atoms with Crippen molar-refractivity contribution in [3.63, 3.8) is 0 Å². The first kappa shape index (κ1) is 13.8. The smallest absolute Gasteiger partial charge is 0.471 e. The summed E-state index contributed by atoms with van der Waals surface area (Å²) in [6, 6.07) is 0. The molecule has 5 nitrogen and oxygen atoms in total. The van der Waals surface area contributed by atoms with E-state index >= 15 is 0 Å². The molecule has 1 saturated carbocycles. The number of aliphatic carboxylic acids is 1. The third-order valence-electron chi connectivity index (χ3n) is 3.70. The van der Waals surface area contributed by atoms with Gasteiger partial charge in [-0.05, 0) is 12.8 Å². The van der Waals surface area contributed by atoms with Gasteiger partial charge in [-0.2, -0.15) is 13.2 Å². The molecule has 19 heavy (non-hydrogen) atoms. The van der Waals surface area contributed by atoms with Gasteiger partial charge in [0.25, 0.3) is 0 Å². The summed E-state index contributed by atoms with van der Waals surface area (Å²) in [6.07, 6.45) is -4.94. The van der Waals surface area contributed by atoms with E-state index < -0.39 is 35.8 Å². The van der Waals surface area contributed by atoms with Crippen LogP contribution in [0.15, 0.2) is 0 Å². The van der Waals surface area contributed by atoms with E-state index in [9.17, 15) is 27.6 Å². The Labute approximate surface area is 106 Å². The van der Waals surface area contributed by atoms with Gasteiger partial charge in [0.15, 0.2) is 0 Å². The van der Waals surface area contributed by atoms with E-state index in [4.69, 9.17) is 5.11 Å². The second-order valence-corrected chi connectivity index (χ2v) is 5.01. The van der Waals surface area contributed by atoms with Crippen molar-refractivity contribution in [2.24, 2.45) is 17.8 Å². The number of carboxylic acids is 1. The Hall–Kier alpha value is -1.60. The van der Waals surface area contributed by atoms with Crippen LogP contribution in [-0.2, 0) is 14.4 Å². The van der Waals surface area contributed by atoms with E-state index in [-0.39, 0.29) is 31.7 Å². The minimum atomic E-state index is -4.96. The highest BCUT2D eigenvalue weighted by Crippen LogP contribution is 2.36. The molecule has 1 N–H and O–H groups in total. The van der Waals surface area contributed by atoms with Crippen molar-refractivity contribution in [1.29, 1.82) is 0 Å². The SMILES string of the molecule is O=C(O)C1CC2CN(C(=O)C(F)(F)F)CC(C1)C2=O. The lowest BCUT2D eigenvalue weighted by molar-refractivity contribution is -0.189. The van der Waals surface area contributed by atoms with Crippen molar-refractivity contribution in [1.82, 2.24) is 4.90 Å². The van der Waals surface area contributed by atoms with Crippen molar-refractivity contribution in [2.75, 3.05) is 13.1 Å². The van der Waals surface area contributed by atoms with Gasteiger partial charge in [-0.3, -0.25) is 14.4 Å². The Morgan fingerprint density at radius 2 is 1.63 bits per heavy atom. The number of amides is 1. The van der Waals surface area contributed by atoms with Crippen LogP contribution in [0.5, 0.6) is 0 Å². The average Bonchev–Trinajstić information content (AvgIpc) is 2.25. The van der Waals surface area contributed by atoms with Gasteiger partial charge in [-0.15, -0.1) is 0 Å². The third kappa shape index (κ3) is 2.57. The number of halogens is 3. The number of alkyl halides is 3. The van der Waals surface area contributed by atoms with Gasteiger partial charge in [0.05, 0.1) is 5.92 Å². The maximum absolute atomic E-state index is 12.3. The molecule has 8 heteroatoms. The van der Waals surface area contributed by atoms with Crippen LogP contribution in [0.25, 0.3) is 0 Å². The Morgan fingerprint density at radius 3 is 2.00 bits per heavy atom. The molecule has 2 unspecified atom stereocenters. The molecule has 0 aromatic carbocycles. The summed E-state index contributed by atoms with van der Waals surface area (Å²) in [7, 11) is 0. The van der Waals surface area contributed by atoms with Gasteiger partial charge in [0.2, 0.25) is 0 Å². The Balaban J connectivity index is 2.13. The van der Waals surface area contributed by atoms with Crippen LogP contribution in [0.3, 0.4) is 0 Å². The topological polar surface area (TPSA) is 74.7 Å². The number of carbonyl (C=O) groups excluding carboxylic acids is 2. The predicted octanol–water partition coefficient (Wildman–Crippen LogP) is 0.687. The fourth-order valence-electron chi connectivity index (χ4n) is 2.83. The first-order valence-corrected chi connectivity index (χ1v) is 5.82. The molecule has 2 fully saturated rings. The third-order valence-corrected chi connectivity index (χ3v) is 3.70. The van der Waals surface area contributed by atoms with Crippen LogP contribution in [0.2, 0.25) is 0 Å². The lowest BCUT2D eigenvalue weighted by atomic mass is 9.71. The zero-order valence-electron chi connectivity index (χ0n) is 9.81. The number of piperidine rings is 1. The summed E-state index contributed by atoms with van der Waals surface area (Å²) in [5, 5.41) is 8.91. The normalized spacial score (nSPS) is 31.2. The summed E-state index contributed by atoms with van der Waals surface area (Å²) in [5.74, 6) is -5.51. The number of nitrogens with zero attached hydrogens (tertiary/aromatic N) is 1. The molecule has 106 valence electrons.